The minimum absolute atomic E-state index is 0.0266. The molecule has 6 heteroatoms. The van der Waals surface area contributed by atoms with Crippen LogP contribution in [0.2, 0.25) is 0 Å². The van der Waals surface area contributed by atoms with Crippen LogP contribution in [-0.4, -0.2) is 24.6 Å². The van der Waals surface area contributed by atoms with Crippen LogP contribution >= 0.6 is 0 Å². The largest absolute Gasteiger partial charge is 0.464 e. The molecule has 0 unspecified atom stereocenters. The Kier molecular flexibility index (Phi) is 6.08. The van der Waals surface area contributed by atoms with Crippen LogP contribution < -0.4 is 11.1 Å². The van der Waals surface area contributed by atoms with E-state index in [2.05, 4.69) is 5.32 Å². The van der Waals surface area contributed by atoms with Gasteiger partial charge in [0.2, 0.25) is 0 Å². The molecule has 2 aromatic carbocycles. The first-order chi connectivity index (χ1) is 13.1. The zero-order chi connectivity index (χ0) is 19.2. The fourth-order valence-electron chi connectivity index (χ4n) is 3.33. The van der Waals surface area contributed by atoms with Gasteiger partial charge >= 0.3 is 11.9 Å². The smallest absolute Gasteiger partial charge is 0.328 e. The summed E-state index contributed by atoms with van der Waals surface area (Å²) in [5.74, 6) is -1.26. The Morgan fingerprint density at radius 2 is 1.74 bits per heavy atom. The summed E-state index contributed by atoms with van der Waals surface area (Å²) in [5.41, 5.74) is 8.98. The lowest BCUT2D eigenvalue weighted by Gasteiger charge is -2.37. The predicted molar refractivity (Wildman–Crippen MR) is 102 cm³/mol. The summed E-state index contributed by atoms with van der Waals surface area (Å²) in [4.78, 5) is 24.8. The number of carbonyl (C=O) groups excluding carboxylic acids is 2. The SMILES string of the molecule is CCOC(=O)[C@@H]1Nc2ccccc2[C@H](N)[C@@H]1CC(=O)OCc1ccccc1. The highest BCUT2D eigenvalue weighted by atomic mass is 16.5. The highest BCUT2D eigenvalue weighted by molar-refractivity contribution is 5.83. The molecule has 0 aliphatic carbocycles. The van der Waals surface area contributed by atoms with Crippen molar-refractivity contribution in [3.63, 3.8) is 0 Å². The van der Waals surface area contributed by atoms with E-state index >= 15 is 0 Å². The molecule has 0 spiro atoms. The van der Waals surface area contributed by atoms with Gasteiger partial charge in [0.25, 0.3) is 0 Å². The molecule has 0 bridgehead atoms. The molecule has 0 aromatic heterocycles. The van der Waals surface area contributed by atoms with Crippen molar-refractivity contribution in [2.24, 2.45) is 11.7 Å². The van der Waals surface area contributed by atoms with Crippen molar-refractivity contribution in [1.29, 1.82) is 0 Å². The molecule has 0 amide bonds. The number of nitrogens with one attached hydrogen (secondary N) is 1. The molecule has 0 saturated carbocycles. The van der Waals surface area contributed by atoms with Gasteiger partial charge in [0.1, 0.15) is 12.6 Å². The molecule has 3 atom stereocenters. The van der Waals surface area contributed by atoms with Crippen molar-refractivity contribution in [1.82, 2.24) is 0 Å². The van der Waals surface area contributed by atoms with Crippen LogP contribution in [0, 0.1) is 5.92 Å². The number of fused-ring (bicyclic) bond motifs is 1. The number of hydrogen-bond acceptors (Lipinski definition) is 6. The van der Waals surface area contributed by atoms with Crippen molar-refractivity contribution in [2.75, 3.05) is 11.9 Å². The second kappa shape index (κ2) is 8.68. The van der Waals surface area contributed by atoms with Crippen LogP contribution in [0.4, 0.5) is 5.69 Å². The molecule has 6 nitrogen and oxygen atoms in total. The second-order valence-corrected chi connectivity index (χ2v) is 6.50. The normalized spacial score (nSPS) is 20.9. The third-order valence-corrected chi connectivity index (χ3v) is 4.71. The summed E-state index contributed by atoms with van der Waals surface area (Å²) >= 11 is 0. The topological polar surface area (TPSA) is 90.6 Å². The molecule has 0 radical (unpaired) electrons. The molecule has 1 heterocycles. The summed E-state index contributed by atoms with van der Waals surface area (Å²) < 4.78 is 10.6. The summed E-state index contributed by atoms with van der Waals surface area (Å²) in [6.45, 7) is 2.20. The average Bonchev–Trinajstić information content (AvgIpc) is 2.69. The zero-order valence-electron chi connectivity index (χ0n) is 15.3. The molecule has 2 aromatic rings. The van der Waals surface area contributed by atoms with Gasteiger partial charge in [-0.25, -0.2) is 4.79 Å². The number of ether oxygens (including phenoxy) is 2. The standard InChI is InChI=1S/C21H24N2O4/c1-2-26-21(25)20-16(19(22)15-10-6-7-11-17(15)23-20)12-18(24)27-13-14-8-4-3-5-9-14/h3-11,16,19-20,23H,2,12-13,22H2,1H3/t16-,19-,20+/m0/s1. The number of carbonyl (C=O) groups is 2. The van der Waals surface area contributed by atoms with Crippen LogP contribution in [0.25, 0.3) is 0 Å². The fourth-order valence-corrected chi connectivity index (χ4v) is 3.33. The van der Waals surface area contributed by atoms with Crippen molar-refractivity contribution in [3.8, 4) is 0 Å². The Morgan fingerprint density at radius 1 is 1.04 bits per heavy atom. The molecule has 1 aliphatic heterocycles. The van der Waals surface area contributed by atoms with Crippen LogP contribution in [0.3, 0.4) is 0 Å². The van der Waals surface area contributed by atoms with E-state index in [4.69, 9.17) is 15.2 Å². The average molecular weight is 368 g/mol. The highest BCUT2D eigenvalue weighted by Gasteiger charge is 2.40. The van der Waals surface area contributed by atoms with Crippen LogP contribution in [0.5, 0.6) is 0 Å². The quantitative estimate of drug-likeness (QED) is 0.762. The van der Waals surface area contributed by atoms with Gasteiger partial charge in [-0.1, -0.05) is 48.5 Å². The number of anilines is 1. The molecule has 3 rings (SSSR count). The van der Waals surface area contributed by atoms with E-state index in [1.807, 2.05) is 54.6 Å². The first-order valence-corrected chi connectivity index (χ1v) is 9.07. The third kappa shape index (κ3) is 4.46. The number of para-hydroxylation sites is 1. The summed E-state index contributed by atoms with van der Waals surface area (Å²) in [6.07, 6.45) is 0.0266. The van der Waals surface area contributed by atoms with Crippen molar-refractivity contribution < 1.29 is 19.1 Å². The molecule has 0 fully saturated rings. The van der Waals surface area contributed by atoms with E-state index < -0.39 is 29.9 Å². The van der Waals surface area contributed by atoms with E-state index in [-0.39, 0.29) is 19.6 Å². The van der Waals surface area contributed by atoms with Crippen molar-refractivity contribution in [2.45, 2.75) is 32.0 Å². The fraction of sp³-hybridized carbons (Fsp3) is 0.333. The Labute approximate surface area is 158 Å². The van der Waals surface area contributed by atoms with Crippen LogP contribution in [0.1, 0.15) is 30.5 Å². The Morgan fingerprint density at radius 3 is 2.48 bits per heavy atom. The van der Waals surface area contributed by atoms with Crippen molar-refractivity contribution >= 4 is 17.6 Å². The summed E-state index contributed by atoms with van der Waals surface area (Å²) in [6, 6.07) is 15.8. The van der Waals surface area contributed by atoms with E-state index in [9.17, 15) is 9.59 Å². The van der Waals surface area contributed by atoms with Gasteiger partial charge < -0.3 is 20.5 Å². The summed E-state index contributed by atoms with van der Waals surface area (Å²) in [7, 11) is 0. The minimum atomic E-state index is -0.695. The molecule has 1 aliphatic rings. The molecule has 0 saturated heterocycles. The Hall–Kier alpha value is -2.86. The monoisotopic (exact) mass is 368 g/mol. The highest BCUT2D eigenvalue weighted by Crippen LogP contribution is 2.37. The van der Waals surface area contributed by atoms with Crippen LogP contribution in [-0.2, 0) is 25.7 Å². The van der Waals surface area contributed by atoms with Gasteiger partial charge in [0.05, 0.1) is 13.0 Å². The number of benzene rings is 2. The number of esters is 2. The Bertz CT molecular complexity index is 794. The predicted octanol–water partition coefficient (Wildman–Crippen LogP) is 2.79. The minimum Gasteiger partial charge on any atom is -0.464 e. The van der Waals surface area contributed by atoms with E-state index in [0.29, 0.717) is 0 Å². The molecule has 142 valence electrons. The lowest BCUT2D eigenvalue weighted by atomic mass is 9.81. The number of nitrogens with two attached hydrogens (primary N) is 1. The first kappa shape index (κ1) is 18.9. The van der Waals surface area contributed by atoms with Crippen LogP contribution in [0.15, 0.2) is 54.6 Å². The molecular formula is C21H24N2O4. The van der Waals surface area contributed by atoms with Gasteiger partial charge in [-0.05, 0) is 24.1 Å². The number of hydrogen-bond donors (Lipinski definition) is 2. The Balaban J connectivity index is 1.73. The maximum absolute atomic E-state index is 12.4. The van der Waals surface area contributed by atoms with E-state index in [1.54, 1.807) is 6.92 Å². The maximum Gasteiger partial charge on any atom is 0.328 e. The van der Waals surface area contributed by atoms with Gasteiger partial charge in [-0.15, -0.1) is 0 Å². The molecule has 3 N–H and O–H groups in total. The summed E-state index contributed by atoms with van der Waals surface area (Å²) in [5, 5.41) is 3.18. The maximum atomic E-state index is 12.4. The molecular weight excluding hydrogens is 344 g/mol. The van der Waals surface area contributed by atoms with Crippen molar-refractivity contribution in [3.05, 3.63) is 65.7 Å². The lowest BCUT2D eigenvalue weighted by molar-refractivity contribution is -0.149. The van der Waals surface area contributed by atoms with Gasteiger partial charge in [0.15, 0.2) is 0 Å². The lowest BCUT2D eigenvalue weighted by Crippen LogP contribution is -2.47. The first-order valence-electron chi connectivity index (χ1n) is 9.07. The van der Waals surface area contributed by atoms with E-state index in [0.717, 1.165) is 16.8 Å². The number of rotatable bonds is 6. The van der Waals surface area contributed by atoms with Gasteiger partial charge in [-0.2, -0.15) is 0 Å². The van der Waals surface area contributed by atoms with E-state index in [1.165, 1.54) is 0 Å². The zero-order valence-corrected chi connectivity index (χ0v) is 15.3. The second-order valence-electron chi connectivity index (χ2n) is 6.50. The van der Waals surface area contributed by atoms with Gasteiger partial charge in [0, 0.05) is 17.6 Å². The van der Waals surface area contributed by atoms with Gasteiger partial charge in [-0.3, -0.25) is 4.79 Å². The third-order valence-electron chi connectivity index (χ3n) is 4.71. The molecule has 27 heavy (non-hydrogen) atoms.